The molecule has 2 rings (SSSR count). The Kier molecular flexibility index (Phi) is 4.38. The van der Waals surface area contributed by atoms with Crippen LogP contribution in [-0.2, 0) is 0 Å². The number of aromatic nitrogens is 1. The summed E-state index contributed by atoms with van der Waals surface area (Å²) in [5.74, 6) is 0. The van der Waals surface area contributed by atoms with Crippen molar-refractivity contribution in [3.8, 4) is 0 Å². The molecular formula is C11H12BrN3O2S. The summed E-state index contributed by atoms with van der Waals surface area (Å²) in [7, 11) is 0. The Hall–Kier alpha value is -1.34. The first kappa shape index (κ1) is 13.1. The molecule has 18 heavy (non-hydrogen) atoms. The van der Waals surface area contributed by atoms with Crippen LogP contribution in [0, 0.1) is 0 Å². The van der Waals surface area contributed by atoms with E-state index in [0.29, 0.717) is 13.1 Å². The molecule has 0 bridgehead atoms. The predicted octanol–water partition coefficient (Wildman–Crippen LogP) is 3.13. The predicted molar refractivity (Wildman–Crippen MR) is 76.5 cm³/mol. The maximum atomic E-state index is 10.2. The average molecular weight is 330 g/mol. The summed E-state index contributed by atoms with van der Waals surface area (Å²) in [4.78, 5) is 14.7. The first-order chi connectivity index (χ1) is 8.65. The van der Waals surface area contributed by atoms with E-state index in [1.54, 1.807) is 11.3 Å². The summed E-state index contributed by atoms with van der Waals surface area (Å²) >= 11 is 5.01. The van der Waals surface area contributed by atoms with Crippen LogP contribution in [0.15, 0.2) is 22.7 Å². The zero-order chi connectivity index (χ0) is 13.0. The molecule has 0 radical (unpaired) electrons. The van der Waals surface area contributed by atoms with Gasteiger partial charge >= 0.3 is 6.09 Å². The van der Waals surface area contributed by atoms with Gasteiger partial charge in [-0.3, -0.25) is 0 Å². The number of anilines is 1. The molecule has 2 aromatic rings. The second-order valence-corrected chi connectivity index (χ2v) is 5.59. The number of benzene rings is 1. The van der Waals surface area contributed by atoms with Crippen molar-refractivity contribution >= 4 is 48.7 Å². The number of nitrogens with one attached hydrogen (secondary N) is 2. The number of halogens is 1. The van der Waals surface area contributed by atoms with Gasteiger partial charge < -0.3 is 15.7 Å². The van der Waals surface area contributed by atoms with Crippen LogP contribution < -0.4 is 10.6 Å². The van der Waals surface area contributed by atoms with E-state index in [4.69, 9.17) is 5.11 Å². The minimum atomic E-state index is -0.986. The van der Waals surface area contributed by atoms with Crippen LogP contribution in [0.3, 0.4) is 0 Å². The standard InChI is InChI=1S/C11H12BrN3O2S/c12-7-2-3-8-9(6-7)18-10(15-8)13-4-1-5-14-11(16)17/h2-3,6,14H,1,4-5H2,(H,13,15)(H,16,17). The van der Waals surface area contributed by atoms with Crippen molar-refractivity contribution < 1.29 is 9.90 Å². The van der Waals surface area contributed by atoms with Crippen LogP contribution in [0.25, 0.3) is 10.2 Å². The third kappa shape index (κ3) is 3.58. The van der Waals surface area contributed by atoms with E-state index in [0.717, 1.165) is 26.2 Å². The molecule has 0 fully saturated rings. The molecular weight excluding hydrogens is 318 g/mol. The van der Waals surface area contributed by atoms with Crippen molar-refractivity contribution in [3.05, 3.63) is 22.7 Å². The smallest absolute Gasteiger partial charge is 0.404 e. The molecule has 0 aliphatic rings. The Morgan fingerprint density at radius 3 is 3.06 bits per heavy atom. The van der Waals surface area contributed by atoms with Gasteiger partial charge in [0.15, 0.2) is 5.13 Å². The molecule has 0 saturated carbocycles. The number of rotatable bonds is 5. The monoisotopic (exact) mass is 329 g/mol. The number of thiazole rings is 1. The van der Waals surface area contributed by atoms with E-state index in [9.17, 15) is 4.79 Å². The fourth-order valence-electron chi connectivity index (χ4n) is 1.45. The van der Waals surface area contributed by atoms with Gasteiger partial charge in [0.25, 0.3) is 0 Å². The molecule has 1 aromatic heterocycles. The Morgan fingerprint density at radius 1 is 1.44 bits per heavy atom. The van der Waals surface area contributed by atoms with Crippen LogP contribution >= 0.6 is 27.3 Å². The summed E-state index contributed by atoms with van der Waals surface area (Å²) in [6, 6.07) is 5.96. The van der Waals surface area contributed by atoms with E-state index in [2.05, 4.69) is 31.5 Å². The second kappa shape index (κ2) is 6.01. The molecule has 0 unspecified atom stereocenters. The van der Waals surface area contributed by atoms with E-state index < -0.39 is 6.09 Å². The number of hydrogen-bond donors (Lipinski definition) is 3. The molecule has 3 N–H and O–H groups in total. The Balaban J connectivity index is 1.86. The highest BCUT2D eigenvalue weighted by Crippen LogP contribution is 2.28. The molecule has 5 nitrogen and oxygen atoms in total. The third-order valence-corrected chi connectivity index (χ3v) is 3.73. The molecule has 0 spiro atoms. The summed E-state index contributed by atoms with van der Waals surface area (Å²) in [6.07, 6.45) is -0.258. The lowest BCUT2D eigenvalue weighted by Gasteiger charge is -2.01. The van der Waals surface area contributed by atoms with Gasteiger partial charge in [0.2, 0.25) is 0 Å². The molecule has 1 amide bonds. The van der Waals surface area contributed by atoms with Gasteiger partial charge in [0, 0.05) is 17.6 Å². The van der Waals surface area contributed by atoms with Crippen molar-refractivity contribution in [3.63, 3.8) is 0 Å². The zero-order valence-corrected chi connectivity index (χ0v) is 11.8. The molecule has 0 aliphatic carbocycles. The van der Waals surface area contributed by atoms with Crippen molar-refractivity contribution in [2.24, 2.45) is 0 Å². The van der Waals surface area contributed by atoms with Crippen LogP contribution in [-0.4, -0.2) is 29.3 Å². The zero-order valence-electron chi connectivity index (χ0n) is 9.44. The number of nitrogens with zero attached hydrogens (tertiary/aromatic N) is 1. The van der Waals surface area contributed by atoms with Gasteiger partial charge in [-0.1, -0.05) is 27.3 Å². The van der Waals surface area contributed by atoms with Crippen molar-refractivity contribution in [1.29, 1.82) is 0 Å². The molecule has 1 heterocycles. The summed E-state index contributed by atoms with van der Waals surface area (Å²) in [5.41, 5.74) is 0.967. The fourth-order valence-corrected chi connectivity index (χ4v) is 2.90. The van der Waals surface area contributed by atoms with Gasteiger partial charge in [0.05, 0.1) is 10.2 Å². The van der Waals surface area contributed by atoms with Crippen LogP contribution in [0.5, 0.6) is 0 Å². The van der Waals surface area contributed by atoms with Crippen molar-refractivity contribution in [1.82, 2.24) is 10.3 Å². The Labute approximate surface area is 116 Å². The average Bonchev–Trinajstić information content (AvgIpc) is 2.70. The largest absolute Gasteiger partial charge is 0.465 e. The lowest BCUT2D eigenvalue weighted by molar-refractivity contribution is 0.194. The lowest BCUT2D eigenvalue weighted by atomic mass is 10.3. The molecule has 0 aliphatic heterocycles. The SMILES string of the molecule is O=C(O)NCCCNc1nc2ccc(Br)cc2s1. The lowest BCUT2D eigenvalue weighted by Crippen LogP contribution is -2.23. The van der Waals surface area contributed by atoms with Gasteiger partial charge in [-0.25, -0.2) is 9.78 Å². The van der Waals surface area contributed by atoms with Crippen LogP contribution in [0.2, 0.25) is 0 Å². The highest BCUT2D eigenvalue weighted by Gasteiger charge is 2.03. The molecule has 7 heteroatoms. The highest BCUT2D eigenvalue weighted by molar-refractivity contribution is 9.10. The second-order valence-electron chi connectivity index (χ2n) is 3.64. The van der Waals surface area contributed by atoms with E-state index in [1.165, 1.54) is 0 Å². The minimum Gasteiger partial charge on any atom is -0.465 e. The maximum Gasteiger partial charge on any atom is 0.404 e. The molecule has 0 saturated heterocycles. The Morgan fingerprint density at radius 2 is 2.28 bits per heavy atom. The van der Waals surface area contributed by atoms with Crippen molar-refractivity contribution in [2.45, 2.75) is 6.42 Å². The summed E-state index contributed by atoms with van der Waals surface area (Å²) < 4.78 is 2.16. The van der Waals surface area contributed by atoms with E-state index in [-0.39, 0.29) is 0 Å². The first-order valence-corrected chi connectivity index (χ1v) is 7.03. The topological polar surface area (TPSA) is 74.2 Å². The number of carbonyl (C=O) groups is 1. The van der Waals surface area contributed by atoms with Gasteiger partial charge in [0.1, 0.15) is 0 Å². The number of fused-ring (bicyclic) bond motifs is 1. The van der Waals surface area contributed by atoms with E-state index in [1.807, 2.05) is 18.2 Å². The summed E-state index contributed by atoms with van der Waals surface area (Å²) in [6.45, 7) is 1.14. The van der Waals surface area contributed by atoms with Gasteiger partial charge in [-0.2, -0.15) is 0 Å². The van der Waals surface area contributed by atoms with E-state index >= 15 is 0 Å². The molecule has 0 atom stereocenters. The maximum absolute atomic E-state index is 10.2. The Bertz CT molecular complexity index is 558. The minimum absolute atomic E-state index is 0.443. The van der Waals surface area contributed by atoms with Crippen LogP contribution in [0.4, 0.5) is 9.93 Å². The van der Waals surface area contributed by atoms with Gasteiger partial charge in [-0.15, -0.1) is 0 Å². The normalized spacial score (nSPS) is 10.5. The van der Waals surface area contributed by atoms with Crippen LogP contribution in [0.1, 0.15) is 6.42 Å². The first-order valence-electron chi connectivity index (χ1n) is 5.42. The molecule has 96 valence electrons. The highest BCUT2D eigenvalue weighted by atomic mass is 79.9. The van der Waals surface area contributed by atoms with Crippen molar-refractivity contribution in [2.75, 3.05) is 18.4 Å². The van der Waals surface area contributed by atoms with Gasteiger partial charge in [-0.05, 0) is 24.6 Å². The molecule has 1 aromatic carbocycles. The third-order valence-electron chi connectivity index (χ3n) is 2.26. The number of amides is 1. The summed E-state index contributed by atoms with van der Waals surface area (Å²) in [5, 5.41) is 14.8. The number of carboxylic acid groups (broad SMARTS) is 1. The fraction of sp³-hybridized carbons (Fsp3) is 0.273. The number of hydrogen-bond acceptors (Lipinski definition) is 4. The quantitative estimate of drug-likeness (QED) is 0.737.